The first-order chi connectivity index (χ1) is 12.1. The molecule has 1 heterocycles. The van der Waals surface area contributed by atoms with E-state index in [2.05, 4.69) is 10.2 Å². The SMILES string of the molecule is Cc1ccc(OCc2nnc(SCC(N)=O)n2-c2ccccc2)cc1. The number of hydrogen-bond donors (Lipinski definition) is 1. The predicted molar refractivity (Wildman–Crippen MR) is 96.8 cm³/mol. The molecular weight excluding hydrogens is 336 g/mol. The number of thioether (sulfide) groups is 1. The van der Waals surface area contributed by atoms with Crippen molar-refractivity contribution in [1.29, 1.82) is 0 Å². The van der Waals surface area contributed by atoms with Crippen molar-refractivity contribution in [3.05, 3.63) is 66.0 Å². The first-order valence-electron chi connectivity index (χ1n) is 7.74. The van der Waals surface area contributed by atoms with Crippen molar-refractivity contribution in [3.8, 4) is 11.4 Å². The summed E-state index contributed by atoms with van der Waals surface area (Å²) in [6, 6.07) is 17.5. The number of aromatic nitrogens is 3. The summed E-state index contributed by atoms with van der Waals surface area (Å²) in [5, 5.41) is 9.00. The fourth-order valence-corrected chi connectivity index (χ4v) is 2.95. The molecule has 128 valence electrons. The van der Waals surface area contributed by atoms with Gasteiger partial charge in [0.05, 0.1) is 5.75 Å². The van der Waals surface area contributed by atoms with Gasteiger partial charge in [-0.1, -0.05) is 47.7 Å². The third-order valence-electron chi connectivity index (χ3n) is 3.45. The van der Waals surface area contributed by atoms with E-state index in [1.165, 1.54) is 17.3 Å². The summed E-state index contributed by atoms with van der Waals surface area (Å²) in [4.78, 5) is 11.1. The average Bonchev–Trinajstić information content (AvgIpc) is 3.03. The minimum Gasteiger partial charge on any atom is -0.486 e. The van der Waals surface area contributed by atoms with Gasteiger partial charge in [0.25, 0.3) is 0 Å². The highest BCUT2D eigenvalue weighted by Gasteiger charge is 2.15. The zero-order valence-corrected chi connectivity index (χ0v) is 14.6. The fourth-order valence-electron chi connectivity index (χ4n) is 2.24. The molecule has 0 spiro atoms. The number of ether oxygens (including phenoxy) is 1. The molecule has 0 saturated heterocycles. The van der Waals surface area contributed by atoms with E-state index in [0.29, 0.717) is 11.0 Å². The number of carbonyl (C=O) groups is 1. The molecule has 0 saturated carbocycles. The second kappa shape index (κ2) is 7.85. The summed E-state index contributed by atoms with van der Waals surface area (Å²) < 4.78 is 7.70. The summed E-state index contributed by atoms with van der Waals surface area (Å²) in [6.45, 7) is 2.29. The Balaban J connectivity index is 1.85. The zero-order valence-electron chi connectivity index (χ0n) is 13.8. The van der Waals surface area contributed by atoms with Crippen LogP contribution < -0.4 is 10.5 Å². The van der Waals surface area contributed by atoms with Crippen LogP contribution in [-0.2, 0) is 11.4 Å². The van der Waals surface area contributed by atoms with E-state index in [9.17, 15) is 4.79 Å². The number of benzene rings is 2. The maximum atomic E-state index is 11.1. The molecule has 3 rings (SSSR count). The number of para-hydroxylation sites is 1. The van der Waals surface area contributed by atoms with Gasteiger partial charge in [0, 0.05) is 5.69 Å². The number of amides is 1. The molecule has 0 atom stereocenters. The first-order valence-corrected chi connectivity index (χ1v) is 8.72. The molecule has 2 aromatic carbocycles. The Morgan fingerprint density at radius 3 is 2.52 bits per heavy atom. The summed E-state index contributed by atoms with van der Waals surface area (Å²) >= 11 is 1.25. The van der Waals surface area contributed by atoms with Gasteiger partial charge in [-0.15, -0.1) is 10.2 Å². The molecule has 6 nitrogen and oxygen atoms in total. The predicted octanol–water partition coefficient (Wildman–Crippen LogP) is 2.73. The van der Waals surface area contributed by atoms with Crippen LogP contribution in [0.5, 0.6) is 5.75 Å². The number of nitrogens with zero attached hydrogens (tertiary/aromatic N) is 3. The number of hydrogen-bond acceptors (Lipinski definition) is 5. The molecule has 0 unspecified atom stereocenters. The highest BCUT2D eigenvalue weighted by atomic mass is 32.2. The fraction of sp³-hybridized carbons (Fsp3) is 0.167. The lowest BCUT2D eigenvalue weighted by Gasteiger charge is -2.11. The molecule has 7 heteroatoms. The minimum atomic E-state index is -0.398. The van der Waals surface area contributed by atoms with Crippen LogP contribution in [0.1, 0.15) is 11.4 Å². The molecular formula is C18H18N4O2S. The molecule has 0 aliphatic heterocycles. The number of carbonyl (C=O) groups excluding carboxylic acids is 1. The van der Waals surface area contributed by atoms with E-state index in [4.69, 9.17) is 10.5 Å². The van der Waals surface area contributed by atoms with Gasteiger partial charge in [0.15, 0.2) is 11.0 Å². The summed E-state index contributed by atoms with van der Waals surface area (Å²) in [5.74, 6) is 1.16. The third kappa shape index (κ3) is 4.39. The van der Waals surface area contributed by atoms with Crippen molar-refractivity contribution in [1.82, 2.24) is 14.8 Å². The van der Waals surface area contributed by atoms with E-state index in [1.807, 2.05) is 66.1 Å². The van der Waals surface area contributed by atoms with Crippen LogP contribution in [0.15, 0.2) is 59.8 Å². The van der Waals surface area contributed by atoms with E-state index >= 15 is 0 Å². The Morgan fingerprint density at radius 1 is 1.12 bits per heavy atom. The Morgan fingerprint density at radius 2 is 1.84 bits per heavy atom. The normalized spacial score (nSPS) is 10.6. The largest absolute Gasteiger partial charge is 0.486 e. The Kier molecular flexibility index (Phi) is 5.35. The van der Waals surface area contributed by atoms with Crippen LogP contribution in [0.4, 0.5) is 0 Å². The highest BCUT2D eigenvalue weighted by molar-refractivity contribution is 7.99. The van der Waals surface area contributed by atoms with Gasteiger partial charge in [-0.2, -0.15) is 0 Å². The second-order valence-electron chi connectivity index (χ2n) is 5.43. The maximum absolute atomic E-state index is 11.1. The van der Waals surface area contributed by atoms with Gasteiger partial charge in [-0.05, 0) is 31.2 Å². The number of primary amides is 1. The number of nitrogens with two attached hydrogens (primary N) is 1. The van der Waals surface area contributed by atoms with Gasteiger partial charge in [0.2, 0.25) is 5.91 Å². The van der Waals surface area contributed by atoms with Crippen molar-refractivity contribution in [2.24, 2.45) is 5.73 Å². The lowest BCUT2D eigenvalue weighted by molar-refractivity contribution is -0.115. The molecule has 0 aliphatic rings. The van der Waals surface area contributed by atoms with Crippen molar-refractivity contribution < 1.29 is 9.53 Å². The van der Waals surface area contributed by atoms with Crippen LogP contribution in [-0.4, -0.2) is 26.4 Å². The molecule has 1 amide bonds. The quantitative estimate of drug-likeness (QED) is 0.660. The molecule has 2 N–H and O–H groups in total. The monoisotopic (exact) mass is 354 g/mol. The van der Waals surface area contributed by atoms with Crippen molar-refractivity contribution in [3.63, 3.8) is 0 Å². The Bertz CT molecular complexity index is 847. The first kappa shape index (κ1) is 17.0. The Labute approximate surface area is 150 Å². The lowest BCUT2D eigenvalue weighted by atomic mass is 10.2. The Hall–Kier alpha value is -2.80. The van der Waals surface area contributed by atoms with E-state index in [0.717, 1.165) is 11.4 Å². The van der Waals surface area contributed by atoms with Crippen LogP contribution in [0.3, 0.4) is 0 Å². The minimum absolute atomic E-state index is 0.143. The molecule has 3 aromatic rings. The van der Waals surface area contributed by atoms with Gasteiger partial charge in [-0.3, -0.25) is 9.36 Å². The number of rotatable bonds is 7. The maximum Gasteiger partial charge on any atom is 0.227 e. The van der Waals surface area contributed by atoms with E-state index in [1.54, 1.807) is 0 Å². The zero-order chi connectivity index (χ0) is 17.6. The van der Waals surface area contributed by atoms with Gasteiger partial charge >= 0.3 is 0 Å². The van der Waals surface area contributed by atoms with Crippen LogP contribution in [0, 0.1) is 6.92 Å². The van der Waals surface area contributed by atoms with Gasteiger partial charge < -0.3 is 10.5 Å². The van der Waals surface area contributed by atoms with Crippen molar-refractivity contribution >= 4 is 17.7 Å². The third-order valence-corrected chi connectivity index (χ3v) is 4.40. The molecule has 0 aliphatic carbocycles. The standard InChI is InChI=1S/C18H18N4O2S/c1-13-7-9-15(10-8-13)24-11-17-20-21-18(25-12-16(19)23)22(17)14-5-3-2-4-6-14/h2-10H,11-12H2,1H3,(H2,19,23). The summed E-state index contributed by atoms with van der Waals surface area (Å²) in [6.07, 6.45) is 0. The van der Waals surface area contributed by atoms with Crippen LogP contribution in [0.2, 0.25) is 0 Å². The van der Waals surface area contributed by atoms with Crippen LogP contribution in [0.25, 0.3) is 5.69 Å². The summed E-state index contributed by atoms with van der Waals surface area (Å²) in [5.41, 5.74) is 7.32. The average molecular weight is 354 g/mol. The van der Waals surface area contributed by atoms with Crippen LogP contribution >= 0.6 is 11.8 Å². The molecule has 1 aromatic heterocycles. The topological polar surface area (TPSA) is 83.0 Å². The van der Waals surface area contributed by atoms with E-state index in [-0.39, 0.29) is 12.4 Å². The van der Waals surface area contributed by atoms with Crippen molar-refractivity contribution in [2.45, 2.75) is 18.7 Å². The van der Waals surface area contributed by atoms with E-state index < -0.39 is 5.91 Å². The van der Waals surface area contributed by atoms with Crippen molar-refractivity contribution in [2.75, 3.05) is 5.75 Å². The molecule has 0 fully saturated rings. The highest BCUT2D eigenvalue weighted by Crippen LogP contribution is 2.23. The van der Waals surface area contributed by atoms with Gasteiger partial charge in [0.1, 0.15) is 12.4 Å². The molecule has 0 radical (unpaired) electrons. The molecule has 0 bridgehead atoms. The molecule has 25 heavy (non-hydrogen) atoms. The van der Waals surface area contributed by atoms with Gasteiger partial charge in [-0.25, -0.2) is 0 Å². The number of aryl methyl sites for hydroxylation is 1. The smallest absolute Gasteiger partial charge is 0.227 e. The summed E-state index contributed by atoms with van der Waals surface area (Å²) in [7, 11) is 0. The lowest BCUT2D eigenvalue weighted by Crippen LogP contribution is -2.14. The second-order valence-corrected chi connectivity index (χ2v) is 6.37.